The molecule has 0 unspecified atom stereocenters. The average molecular weight is 719 g/mol. The van der Waals surface area contributed by atoms with Crippen LogP contribution in [0.5, 0.6) is 0 Å². The highest BCUT2D eigenvalue weighted by atomic mass is 15.2. The highest BCUT2D eigenvalue weighted by molar-refractivity contribution is 6.11. The summed E-state index contributed by atoms with van der Waals surface area (Å²) in [5.41, 5.74) is 15.0. The van der Waals surface area contributed by atoms with E-state index in [0.717, 1.165) is 17.1 Å². The summed E-state index contributed by atoms with van der Waals surface area (Å²) in [5.74, 6) is 0. The van der Waals surface area contributed by atoms with Crippen molar-refractivity contribution in [1.29, 1.82) is 0 Å². The predicted molar refractivity (Wildman–Crippen MR) is 238 cm³/mol. The Labute approximate surface area is 328 Å². The van der Waals surface area contributed by atoms with Gasteiger partial charge in [0.2, 0.25) is 0 Å². The van der Waals surface area contributed by atoms with Gasteiger partial charge in [-0.1, -0.05) is 173 Å². The zero-order valence-electron chi connectivity index (χ0n) is 32.2. The highest BCUT2D eigenvalue weighted by Gasteiger charge is 2.45. The van der Waals surface area contributed by atoms with Crippen LogP contribution in [0.4, 0.5) is 34.1 Å². The minimum Gasteiger partial charge on any atom is -0.309 e. The van der Waals surface area contributed by atoms with E-state index in [1.165, 1.54) is 82.8 Å². The Morgan fingerprint density at radius 3 is 1.54 bits per heavy atom. The van der Waals surface area contributed by atoms with Gasteiger partial charge in [0, 0.05) is 27.0 Å². The van der Waals surface area contributed by atoms with Crippen molar-refractivity contribution in [1.82, 2.24) is 0 Å². The minimum absolute atomic E-state index is 0.0986. The van der Waals surface area contributed by atoms with Crippen LogP contribution in [0.3, 0.4) is 0 Å². The molecule has 0 saturated heterocycles. The van der Waals surface area contributed by atoms with Crippen LogP contribution in [-0.4, -0.2) is 0 Å². The van der Waals surface area contributed by atoms with Crippen molar-refractivity contribution >= 4 is 66.4 Å². The van der Waals surface area contributed by atoms with Crippen LogP contribution in [0, 0.1) is 0 Å². The summed E-state index contributed by atoms with van der Waals surface area (Å²) in [4.78, 5) is 5.03. The number of anilines is 6. The minimum atomic E-state index is -0.204. The fourth-order valence-electron chi connectivity index (χ4n) is 9.99. The second-order valence-electron chi connectivity index (χ2n) is 16.5. The Kier molecular flexibility index (Phi) is 6.98. The Morgan fingerprint density at radius 1 is 0.375 bits per heavy atom. The maximum absolute atomic E-state index is 2.54. The quantitative estimate of drug-likeness (QED) is 0.179. The molecule has 2 nitrogen and oxygen atoms in total. The molecule has 0 amide bonds. The summed E-state index contributed by atoms with van der Waals surface area (Å²) < 4.78 is 0. The molecule has 11 rings (SSSR count). The molecule has 268 valence electrons. The third-order valence-electron chi connectivity index (χ3n) is 12.8. The molecular weight excluding hydrogens is 677 g/mol. The smallest absolute Gasteiger partial charge is 0.0543 e. The first-order valence-electron chi connectivity index (χ1n) is 19.8. The Balaban J connectivity index is 1.13. The molecule has 2 heteroatoms. The Morgan fingerprint density at radius 2 is 0.839 bits per heavy atom. The van der Waals surface area contributed by atoms with Gasteiger partial charge in [0.25, 0.3) is 0 Å². The second kappa shape index (κ2) is 11.9. The Bertz CT molecular complexity index is 2970. The van der Waals surface area contributed by atoms with Gasteiger partial charge in [0.05, 0.1) is 34.1 Å². The lowest BCUT2D eigenvalue weighted by molar-refractivity contribution is 0.597. The first kappa shape index (κ1) is 32.8. The van der Waals surface area contributed by atoms with Crippen molar-refractivity contribution in [2.24, 2.45) is 0 Å². The van der Waals surface area contributed by atoms with Crippen LogP contribution >= 0.6 is 0 Å². The third-order valence-corrected chi connectivity index (χ3v) is 12.8. The lowest BCUT2D eigenvalue weighted by Gasteiger charge is -2.49. The van der Waals surface area contributed by atoms with Crippen molar-refractivity contribution in [2.75, 3.05) is 9.80 Å². The lowest BCUT2D eigenvalue weighted by Crippen LogP contribution is -2.38. The van der Waals surface area contributed by atoms with Gasteiger partial charge >= 0.3 is 0 Å². The van der Waals surface area contributed by atoms with E-state index in [1.54, 1.807) is 0 Å². The van der Waals surface area contributed by atoms with Gasteiger partial charge in [-0.25, -0.2) is 0 Å². The molecular formula is C54H42N2. The molecule has 9 aromatic rings. The lowest BCUT2D eigenvalue weighted by atomic mass is 9.66. The van der Waals surface area contributed by atoms with E-state index < -0.39 is 0 Å². The maximum atomic E-state index is 2.54. The topological polar surface area (TPSA) is 6.48 Å². The molecule has 0 aliphatic carbocycles. The largest absolute Gasteiger partial charge is 0.309 e. The monoisotopic (exact) mass is 718 g/mol. The van der Waals surface area contributed by atoms with Crippen LogP contribution in [-0.2, 0) is 10.8 Å². The molecule has 0 radical (unpaired) electrons. The summed E-state index contributed by atoms with van der Waals surface area (Å²) in [6.07, 6.45) is 0. The summed E-state index contributed by atoms with van der Waals surface area (Å²) in [6.45, 7) is 9.56. The van der Waals surface area contributed by atoms with Crippen LogP contribution in [0.2, 0.25) is 0 Å². The molecule has 0 bridgehead atoms. The fourth-order valence-corrected chi connectivity index (χ4v) is 9.99. The van der Waals surface area contributed by atoms with Gasteiger partial charge in [-0.15, -0.1) is 0 Å². The van der Waals surface area contributed by atoms with Gasteiger partial charge < -0.3 is 9.80 Å². The number of nitrogens with zero attached hydrogens (tertiary/aromatic N) is 2. The molecule has 0 fully saturated rings. The normalized spacial score (nSPS) is 14.7. The predicted octanol–water partition coefficient (Wildman–Crippen LogP) is 15.0. The van der Waals surface area contributed by atoms with Crippen molar-refractivity contribution < 1.29 is 0 Å². The average Bonchev–Trinajstić information content (AvgIpc) is 3.23. The number of benzene rings is 9. The summed E-state index contributed by atoms with van der Waals surface area (Å²) in [5, 5.41) is 7.34. The van der Waals surface area contributed by atoms with Crippen molar-refractivity contribution in [3.63, 3.8) is 0 Å². The molecule has 56 heavy (non-hydrogen) atoms. The van der Waals surface area contributed by atoms with E-state index in [-0.39, 0.29) is 10.8 Å². The highest BCUT2D eigenvalue weighted by Crippen LogP contribution is 2.60. The molecule has 2 aliphatic rings. The van der Waals surface area contributed by atoms with Crippen molar-refractivity contribution in [3.05, 3.63) is 204 Å². The van der Waals surface area contributed by atoms with Gasteiger partial charge in [-0.05, 0) is 85.9 Å². The van der Waals surface area contributed by atoms with Crippen LogP contribution in [0.1, 0.15) is 49.9 Å². The van der Waals surface area contributed by atoms with Gasteiger partial charge in [-0.3, -0.25) is 0 Å². The molecule has 0 spiro atoms. The van der Waals surface area contributed by atoms with Crippen molar-refractivity contribution in [2.45, 2.75) is 38.5 Å². The van der Waals surface area contributed by atoms with Crippen LogP contribution < -0.4 is 9.80 Å². The summed E-state index contributed by atoms with van der Waals surface area (Å²) >= 11 is 0. The van der Waals surface area contributed by atoms with E-state index in [2.05, 4.69) is 219 Å². The Hall–Kier alpha value is -6.64. The second-order valence-corrected chi connectivity index (χ2v) is 16.5. The van der Waals surface area contributed by atoms with Crippen LogP contribution in [0.25, 0.3) is 43.4 Å². The van der Waals surface area contributed by atoms with Gasteiger partial charge in [0.1, 0.15) is 0 Å². The van der Waals surface area contributed by atoms with Gasteiger partial charge in [0.15, 0.2) is 0 Å². The zero-order valence-corrected chi connectivity index (χ0v) is 32.2. The summed E-state index contributed by atoms with van der Waals surface area (Å²) in [7, 11) is 0. The summed E-state index contributed by atoms with van der Waals surface area (Å²) in [6, 6.07) is 67.6. The molecule has 2 heterocycles. The molecule has 0 atom stereocenters. The molecule has 0 aromatic heterocycles. The molecule has 2 aliphatic heterocycles. The number of rotatable bonds is 4. The standard InChI is InChI=1S/C54H42N2/c1-53(2)43-25-9-10-28-50(43)56-51-33-32-37(34-46(51)54(3,4)45-27-15-26-44(53)52(45)56)38-22-13-24-42-41(38)23-14-31-49(42)55(47-29-11-18-35-16-5-7-20-39(35)47)48-30-12-19-36-17-6-8-21-40(36)48/h5-34H,1-4H3. The van der Waals surface area contributed by atoms with E-state index in [1.807, 2.05) is 0 Å². The zero-order chi connectivity index (χ0) is 37.8. The third kappa shape index (κ3) is 4.56. The molecule has 0 N–H and O–H groups in total. The van der Waals surface area contributed by atoms with E-state index in [9.17, 15) is 0 Å². The number of fused-ring (bicyclic) bond motifs is 7. The first-order valence-corrected chi connectivity index (χ1v) is 19.8. The SMILES string of the molecule is CC1(C)c2ccccc2N2c3ccc(-c4cccc5c(N(c6cccc7ccccc67)c6cccc7ccccc67)cccc45)cc3C(C)(C)c3cccc1c32. The maximum Gasteiger partial charge on any atom is 0.0543 e. The molecule has 9 aromatic carbocycles. The van der Waals surface area contributed by atoms with Crippen LogP contribution in [0.15, 0.2) is 182 Å². The van der Waals surface area contributed by atoms with Gasteiger partial charge in [-0.2, -0.15) is 0 Å². The van der Waals surface area contributed by atoms with Crippen molar-refractivity contribution in [3.8, 4) is 11.1 Å². The first-order chi connectivity index (χ1) is 27.3. The fraction of sp³-hybridized carbons (Fsp3) is 0.111. The van der Waals surface area contributed by atoms with E-state index in [4.69, 9.17) is 0 Å². The number of hydrogen-bond donors (Lipinski definition) is 0. The number of hydrogen-bond acceptors (Lipinski definition) is 2. The number of para-hydroxylation sites is 2. The molecule has 0 saturated carbocycles. The van der Waals surface area contributed by atoms with E-state index in [0.29, 0.717) is 0 Å². The van der Waals surface area contributed by atoms with E-state index >= 15 is 0 Å².